The van der Waals surface area contributed by atoms with Crippen LogP contribution in [0.25, 0.3) is 0 Å². The second-order valence-corrected chi connectivity index (χ2v) is 4.16. The SMILES string of the molecule is Clc1cccc(CNCc2ccccc2)c1.[Cl-]. The fourth-order valence-electron chi connectivity index (χ4n) is 1.59. The fourth-order valence-corrected chi connectivity index (χ4v) is 1.81. The summed E-state index contributed by atoms with van der Waals surface area (Å²) in [4.78, 5) is 0. The molecule has 0 aromatic heterocycles. The summed E-state index contributed by atoms with van der Waals surface area (Å²) in [6.07, 6.45) is 0. The summed E-state index contributed by atoms with van der Waals surface area (Å²) in [7, 11) is 0. The Morgan fingerprint density at radius 3 is 2.18 bits per heavy atom. The Balaban J connectivity index is 0.00000144. The zero-order valence-electron chi connectivity index (χ0n) is 9.37. The third-order valence-electron chi connectivity index (χ3n) is 2.39. The van der Waals surface area contributed by atoms with Gasteiger partial charge in [0, 0.05) is 18.1 Å². The lowest BCUT2D eigenvalue weighted by atomic mass is 10.2. The van der Waals surface area contributed by atoms with Crippen molar-refractivity contribution in [1.82, 2.24) is 5.32 Å². The van der Waals surface area contributed by atoms with E-state index in [1.807, 2.05) is 24.3 Å². The van der Waals surface area contributed by atoms with Crippen molar-refractivity contribution in [3.8, 4) is 0 Å². The van der Waals surface area contributed by atoms with Crippen molar-refractivity contribution in [3.05, 3.63) is 70.7 Å². The maximum atomic E-state index is 5.91. The van der Waals surface area contributed by atoms with E-state index in [0.29, 0.717) is 0 Å². The molecular weight excluding hydrogens is 253 g/mol. The van der Waals surface area contributed by atoms with Crippen LogP contribution in [0.1, 0.15) is 11.1 Å². The van der Waals surface area contributed by atoms with Gasteiger partial charge in [-0.15, -0.1) is 0 Å². The molecule has 2 rings (SSSR count). The van der Waals surface area contributed by atoms with E-state index in [1.54, 1.807) is 0 Å². The summed E-state index contributed by atoms with van der Waals surface area (Å²) in [6.45, 7) is 1.73. The maximum absolute atomic E-state index is 5.91. The van der Waals surface area contributed by atoms with E-state index < -0.39 is 0 Å². The second-order valence-electron chi connectivity index (χ2n) is 3.72. The van der Waals surface area contributed by atoms with Gasteiger partial charge in [-0.25, -0.2) is 0 Å². The van der Waals surface area contributed by atoms with Gasteiger partial charge in [0.15, 0.2) is 0 Å². The largest absolute Gasteiger partial charge is 1.00 e. The molecule has 1 nitrogen and oxygen atoms in total. The van der Waals surface area contributed by atoms with Gasteiger partial charge in [0.05, 0.1) is 0 Å². The molecule has 0 fully saturated rings. The van der Waals surface area contributed by atoms with Crippen LogP contribution in [0.3, 0.4) is 0 Å². The molecule has 2 aromatic rings. The average Bonchev–Trinajstić information content (AvgIpc) is 2.30. The Labute approximate surface area is 113 Å². The van der Waals surface area contributed by atoms with Crippen LogP contribution < -0.4 is 17.7 Å². The highest BCUT2D eigenvalue weighted by Crippen LogP contribution is 2.10. The Morgan fingerprint density at radius 2 is 1.47 bits per heavy atom. The smallest absolute Gasteiger partial charge is 0.0409 e. The van der Waals surface area contributed by atoms with Crippen molar-refractivity contribution >= 4 is 11.6 Å². The molecule has 1 N–H and O–H groups in total. The fraction of sp³-hybridized carbons (Fsp3) is 0.143. The van der Waals surface area contributed by atoms with Gasteiger partial charge in [0.1, 0.15) is 0 Å². The van der Waals surface area contributed by atoms with Crippen molar-refractivity contribution in [2.75, 3.05) is 0 Å². The molecule has 0 unspecified atom stereocenters. The van der Waals surface area contributed by atoms with E-state index in [4.69, 9.17) is 11.6 Å². The van der Waals surface area contributed by atoms with Crippen LogP contribution in [0, 0.1) is 0 Å². The van der Waals surface area contributed by atoms with E-state index in [9.17, 15) is 0 Å². The summed E-state index contributed by atoms with van der Waals surface area (Å²) in [6, 6.07) is 18.3. The number of nitrogens with one attached hydrogen (secondary N) is 1. The van der Waals surface area contributed by atoms with Crippen molar-refractivity contribution in [2.24, 2.45) is 0 Å². The number of halogens is 2. The molecule has 0 amide bonds. The first-order valence-electron chi connectivity index (χ1n) is 5.34. The van der Waals surface area contributed by atoms with Gasteiger partial charge in [0.25, 0.3) is 0 Å². The van der Waals surface area contributed by atoms with Gasteiger partial charge in [-0.2, -0.15) is 0 Å². The summed E-state index contributed by atoms with van der Waals surface area (Å²) < 4.78 is 0. The number of hydrogen-bond donors (Lipinski definition) is 1. The zero-order chi connectivity index (χ0) is 11.2. The Morgan fingerprint density at radius 1 is 0.824 bits per heavy atom. The molecule has 0 atom stereocenters. The minimum Gasteiger partial charge on any atom is -1.00 e. The molecule has 2 aromatic carbocycles. The van der Waals surface area contributed by atoms with E-state index in [0.717, 1.165) is 18.1 Å². The quantitative estimate of drug-likeness (QED) is 0.857. The lowest BCUT2D eigenvalue weighted by molar-refractivity contribution is -0.00000316. The first kappa shape index (κ1) is 14.0. The van der Waals surface area contributed by atoms with Gasteiger partial charge in [0.2, 0.25) is 0 Å². The lowest BCUT2D eigenvalue weighted by Gasteiger charge is -2.05. The van der Waals surface area contributed by atoms with Crippen molar-refractivity contribution < 1.29 is 12.4 Å². The molecule has 3 heteroatoms. The van der Waals surface area contributed by atoms with Crippen LogP contribution in [0.2, 0.25) is 5.02 Å². The van der Waals surface area contributed by atoms with Crippen molar-refractivity contribution in [2.45, 2.75) is 13.1 Å². The topological polar surface area (TPSA) is 12.0 Å². The highest BCUT2D eigenvalue weighted by Gasteiger charge is 1.94. The Kier molecular flexibility index (Phi) is 6.06. The number of rotatable bonds is 4. The van der Waals surface area contributed by atoms with Gasteiger partial charge in [-0.1, -0.05) is 54.1 Å². The highest BCUT2D eigenvalue weighted by molar-refractivity contribution is 6.30. The van der Waals surface area contributed by atoms with Crippen LogP contribution in [0.4, 0.5) is 0 Å². The molecule has 0 saturated heterocycles. The maximum Gasteiger partial charge on any atom is 0.0409 e. The molecule has 0 aliphatic heterocycles. The standard InChI is InChI=1S/C14H14ClN.ClH/c15-14-8-4-7-13(9-14)11-16-10-12-5-2-1-3-6-12;/h1-9,16H,10-11H2;1H/p-1. The summed E-state index contributed by atoms with van der Waals surface area (Å²) >= 11 is 5.91. The molecule has 0 aliphatic carbocycles. The molecular formula is C14H14Cl2N-. The van der Waals surface area contributed by atoms with Crippen LogP contribution >= 0.6 is 11.6 Å². The van der Waals surface area contributed by atoms with E-state index in [-0.39, 0.29) is 12.4 Å². The molecule has 0 spiro atoms. The van der Waals surface area contributed by atoms with Gasteiger partial charge >= 0.3 is 0 Å². The second kappa shape index (κ2) is 7.33. The molecule has 0 saturated carbocycles. The average molecular weight is 267 g/mol. The molecule has 17 heavy (non-hydrogen) atoms. The van der Waals surface area contributed by atoms with Crippen molar-refractivity contribution in [3.63, 3.8) is 0 Å². The summed E-state index contributed by atoms with van der Waals surface area (Å²) in [5.41, 5.74) is 2.51. The van der Waals surface area contributed by atoms with Gasteiger partial charge in [-0.05, 0) is 23.3 Å². The van der Waals surface area contributed by atoms with Gasteiger partial charge in [-0.3, -0.25) is 0 Å². The van der Waals surface area contributed by atoms with Gasteiger partial charge < -0.3 is 17.7 Å². The first-order valence-corrected chi connectivity index (χ1v) is 5.71. The monoisotopic (exact) mass is 266 g/mol. The van der Waals surface area contributed by atoms with Crippen LogP contribution in [0.5, 0.6) is 0 Å². The lowest BCUT2D eigenvalue weighted by Crippen LogP contribution is -3.00. The normalized spacial score (nSPS) is 9.71. The van der Waals surface area contributed by atoms with Crippen LogP contribution in [-0.2, 0) is 13.1 Å². The third kappa shape index (κ3) is 4.78. The predicted molar refractivity (Wildman–Crippen MR) is 68.4 cm³/mol. The van der Waals surface area contributed by atoms with Crippen LogP contribution in [-0.4, -0.2) is 0 Å². The minimum atomic E-state index is 0. The number of hydrogen-bond acceptors (Lipinski definition) is 1. The third-order valence-corrected chi connectivity index (χ3v) is 2.63. The Hall–Kier alpha value is -1.02. The summed E-state index contributed by atoms with van der Waals surface area (Å²) in [5, 5.41) is 4.18. The van der Waals surface area contributed by atoms with Crippen LogP contribution in [0.15, 0.2) is 54.6 Å². The molecule has 0 aliphatic rings. The minimum absolute atomic E-state index is 0. The molecule has 0 radical (unpaired) electrons. The molecule has 0 heterocycles. The Bertz CT molecular complexity index is 443. The first-order chi connectivity index (χ1) is 7.84. The highest BCUT2D eigenvalue weighted by atomic mass is 35.5. The van der Waals surface area contributed by atoms with E-state index in [2.05, 4.69) is 35.6 Å². The number of benzene rings is 2. The summed E-state index contributed by atoms with van der Waals surface area (Å²) in [5.74, 6) is 0. The molecule has 90 valence electrons. The predicted octanol–water partition coefficient (Wildman–Crippen LogP) is 0.634. The van der Waals surface area contributed by atoms with E-state index >= 15 is 0 Å². The zero-order valence-corrected chi connectivity index (χ0v) is 10.9. The van der Waals surface area contributed by atoms with Crippen molar-refractivity contribution in [1.29, 1.82) is 0 Å². The molecule has 0 bridgehead atoms. The van der Waals surface area contributed by atoms with E-state index in [1.165, 1.54) is 11.1 Å².